The monoisotopic (exact) mass is 1370 g/mol. The first-order valence-electron chi connectivity index (χ1n) is 35.4. The summed E-state index contributed by atoms with van der Waals surface area (Å²) in [4.78, 5) is 25.8. The van der Waals surface area contributed by atoms with E-state index in [1.807, 2.05) is 47.0 Å². The minimum absolute atomic E-state index is 0.0170. The predicted molar refractivity (Wildman–Crippen MR) is 430 cm³/mol. The van der Waals surface area contributed by atoms with Crippen molar-refractivity contribution < 1.29 is 0 Å². The Hall–Kier alpha value is -10.6. The highest BCUT2D eigenvalue weighted by Gasteiger charge is 2.53. The highest BCUT2D eigenvalue weighted by molar-refractivity contribution is 8.00. The molecule has 24 rings (SSSR count). The second-order valence-electron chi connectivity index (χ2n) is 29.5. The van der Waals surface area contributed by atoms with Gasteiger partial charge in [-0.2, -0.15) is 0 Å². The number of fused-ring (bicyclic) bond motifs is 20. The lowest BCUT2D eigenvalue weighted by Gasteiger charge is -2.52. The van der Waals surface area contributed by atoms with Gasteiger partial charge in [0.1, 0.15) is 0 Å². The Balaban J connectivity index is 0.761. The number of para-hydroxylation sites is 10. The summed E-state index contributed by atoms with van der Waals surface area (Å²) in [5.74, 6) is 0. The van der Waals surface area contributed by atoms with Crippen LogP contribution in [-0.2, 0) is 10.8 Å². The number of hydrogen-bond donors (Lipinski definition) is 0. The van der Waals surface area contributed by atoms with Crippen LogP contribution in [0.15, 0.2) is 318 Å². The van der Waals surface area contributed by atoms with Crippen molar-refractivity contribution in [1.29, 1.82) is 0 Å². The van der Waals surface area contributed by atoms with E-state index in [4.69, 9.17) is 0 Å². The summed E-state index contributed by atoms with van der Waals surface area (Å²) in [5, 5.41) is 0. The highest BCUT2D eigenvalue weighted by atomic mass is 32.2. The maximum absolute atomic E-state index is 2.70. The van der Waals surface area contributed by atoms with Gasteiger partial charge in [-0.15, -0.1) is 0 Å². The summed E-state index contributed by atoms with van der Waals surface area (Å²) in [6.07, 6.45) is 0. The Labute approximate surface area is 610 Å². The van der Waals surface area contributed by atoms with E-state index >= 15 is 0 Å². The first-order valence-corrected chi connectivity index (χ1v) is 38.6. The maximum atomic E-state index is 2.70. The van der Waals surface area contributed by atoms with Crippen molar-refractivity contribution in [2.24, 2.45) is 0 Å². The molecule has 10 heterocycles. The molecule has 0 bridgehead atoms. The number of rotatable bonds is 3. The van der Waals surface area contributed by atoms with Gasteiger partial charge in [0.15, 0.2) is 0 Å². The third-order valence-electron chi connectivity index (χ3n) is 23.6. The molecule has 478 valence electrons. The number of benzene rings is 14. The minimum Gasteiger partial charge on any atom is -0.311 e. The van der Waals surface area contributed by atoms with Crippen LogP contribution in [0, 0.1) is 0 Å². The molecule has 0 aromatic heterocycles. The van der Waals surface area contributed by atoms with E-state index in [1.165, 1.54) is 196 Å². The number of hydrogen-bond acceptors (Lipinski definition) is 10. The summed E-state index contributed by atoms with van der Waals surface area (Å²) in [6, 6.07) is 108. The molecule has 0 saturated heterocycles. The molecule has 0 unspecified atom stereocenters. The van der Waals surface area contributed by atoms with Crippen LogP contribution in [0.1, 0.15) is 49.9 Å². The van der Waals surface area contributed by atoms with Crippen molar-refractivity contribution in [2.45, 2.75) is 77.7 Å². The molecular formula is C90H58B2N6S4. The molecule has 14 aromatic carbocycles. The molecule has 12 heteroatoms. The van der Waals surface area contributed by atoms with Crippen LogP contribution in [0.4, 0.5) is 102 Å². The Bertz CT molecular complexity index is 6030. The fourth-order valence-electron chi connectivity index (χ4n) is 19.4. The molecular weight excluding hydrogens is 1310 g/mol. The van der Waals surface area contributed by atoms with E-state index in [0.717, 1.165) is 11.4 Å². The Morgan fingerprint density at radius 2 is 0.578 bits per heavy atom. The van der Waals surface area contributed by atoms with Crippen LogP contribution in [0.2, 0.25) is 0 Å². The molecule has 14 aromatic rings. The minimum atomic E-state index is -0.401. The molecule has 0 radical (unpaired) electrons. The average Bonchev–Trinajstić information content (AvgIpc) is 0.664. The van der Waals surface area contributed by atoms with Crippen molar-refractivity contribution >= 4 is 196 Å². The highest BCUT2D eigenvalue weighted by Crippen LogP contribution is 2.64. The quantitative estimate of drug-likeness (QED) is 0.159. The number of anilines is 18. The molecule has 0 saturated carbocycles. The lowest BCUT2D eigenvalue weighted by atomic mass is 9.32. The van der Waals surface area contributed by atoms with E-state index in [2.05, 4.69) is 336 Å². The fraction of sp³-hybridized carbons (Fsp3) is 0.0667. The molecule has 0 atom stereocenters. The molecule has 0 fully saturated rings. The van der Waals surface area contributed by atoms with Crippen molar-refractivity contribution in [2.75, 3.05) is 29.4 Å². The topological polar surface area (TPSA) is 19.4 Å². The standard InChI is InChI=1S/C90H58B2N6S4/c1-89(2)55-24-5-7-30-63(55)95-71-47-52(93-65-32-9-14-38-75(65)99-76-39-15-10-33-66(76)93)48-72-83(71)92(59-27-20-26-57(89)84(59)95)62-46-51(45-58-85(62)96(72)64-31-8-6-25-56(64)90(58,3)4)54-23-19-37-70-88(54)102-79-42-18-11-34-67(79)94(70)53-49-73-82-74(50-53)98-69-36-13-17-41-78(69)101-81-44-22-29-61(87(81)98)91(82)60-28-21-43-80-86(60)97(73)68-35-12-16-40-77(68)100-80/h5-50H,1-4H3. The first-order chi connectivity index (χ1) is 50.1. The zero-order chi connectivity index (χ0) is 66.9. The molecule has 102 heavy (non-hydrogen) atoms. The first kappa shape index (κ1) is 57.1. The van der Waals surface area contributed by atoms with Gasteiger partial charge >= 0.3 is 0 Å². The van der Waals surface area contributed by atoms with Gasteiger partial charge in [-0.25, -0.2) is 0 Å². The normalized spacial score (nSPS) is 16.1. The van der Waals surface area contributed by atoms with E-state index < -0.39 is 5.41 Å². The summed E-state index contributed by atoms with van der Waals surface area (Å²) < 4.78 is 0. The maximum Gasteiger partial charge on any atom is 0.252 e. The summed E-state index contributed by atoms with van der Waals surface area (Å²) in [5.41, 5.74) is 37.1. The average molecular weight is 1370 g/mol. The second-order valence-corrected chi connectivity index (χ2v) is 33.8. The Kier molecular flexibility index (Phi) is 11.3. The molecule has 6 nitrogen and oxygen atoms in total. The van der Waals surface area contributed by atoms with Crippen LogP contribution in [0.3, 0.4) is 0 Å². The summed E-state index contributed by atoms with van der Waals surface area (Å²) in [6.45, 7) is 9.74. The van der Waals surface area contributed by atoms with Crippen LogP contribution in [-0.4, -0.2) is 13.4 Å². The van der Waals surface area contributed by atoms with E-state index in [0.29, 0.717) is 0 Å². The van der Waals surface area contributed by atoms with Crippen LogP contribution in [0.25, 0.3) is 11.1 Å². The van der Waals surface area contributed by atoms with Crippen molar-refractivity contribution in [3.63, 3.8) is 0 Å². The van der Waals surface area contributed by atoms with Crippen molar-refractivity contribution in [3.8, 4) is 11.1 Å². The van der Waals surface area contributed by atoms with Crippen molar-refractivity contribution in [3.05, 3.63) is 301 Å². The van der Waals surface area contributed by atoms with E-state index in [9.17, 15) is 0 Å². The van der Waals surface area contributed by atoms with Gasteiger partial charge in [0, 0.05) is 84.1 Å². The molecule has 0 N–H and O–H groups in total. The summed E-state index contributed by atoms with van der Waals surface area (Å²) >= 11 is 7.59. The Morgan fingerprint density at radius 1 is 0.245 bits per heavy atom. The van der Waals surface area contributed by atoms with Crippen LogP contribution in [0.5, 0.6) is 0 Å². The largest absolute Gasteiger partial charge is 0.311 e. The SMILES string of the molecule is CC1(C)c2ccccc2N2c3cc(N4c5ccccc5Sc5ccccc54)cc4c3B(c3cccc1c32)c1cc(-c2cccc3c2Sc2ccccc2N3c2cc3c5c(c2)N2c6ccccc6Sc6cccc(c62)B5c2cccc5c2N3c2ccccc2S5)cc2c1N4c1ccccc1C2(C)C. The third kappa shape index (κ3) is 7.25. The van der Waals surface area contributed by atoms with Gasteiger partial charge < -0.3 is 29.4 Å². The molecule has 10 aliphatic heterocycles. The molecule has 0 spiro atoms. The summed E-state index contributed by atoms with van der Waals surface area (Å²) in [7, 11) is 0. The van der Waals surface area contributed by atoms with Crippen LogP contribution >= 0.6 is 47.0 Å². The Morgan fingerprint density at radius 3 is 1.08 bits per heavy atom. The number of nitrogens with zero attached hydrogens (tertiary/aromatic N) is 6. The zero-order valence-electron chi connectivity index (χ0n) is 56.0. The predicted octanol–water partition coefficient (Wildman–Crippen LogP) is 21.6. The lowest BCUT2D eigenvalue weighted by Crippen LogP contribution is -2.63. The van der Waals surface area contributed by atoms with Gasteiger partial charge in [0.05, 0.1) is 68.2 Å². The van der Waals surface area contributed by atoms with Gasteiger partial charge in [-0.1, -0.05) is 232 Å². The van der Waals surface area contributed by atoms with Gasteiger partial charge in [-0.05, 0) is 187 Å². The van der Waals surface area contributed by atoms with Crippen LogP contribution < -0.4 is 62.2 Å². The van der Waals surface area contributed by atoms with Gasteiger partial charge in [-0.3, -0.25) is 0 Å². The van der Waals surface area contributed by atoms with E-state index in [-0.39, 0.29) is 18.8 Å². The smallest absolute Gasteiger partial charge is 0.252 e. The fourth-order valence-corrected chi connectivity index (χ4v) is 23.8. The third-order valence-corrected chi connectivity index (χ3v) is 28.2. The molecule has 0 aliphatic carbocycles. The lowest BCUT2D eigenvalue weighted by molar-refractivity contribution is 0.632. The molecule has 0 amide bonds. The zero-order valence-corrected chi connectivity index (χ0v) is 59.3. The van der Waals surface area contributed by atoms with Gasteiger partial charge in [0.2, 0.25) is 0 Å². The molecule has 10 aliphatic rings. The van der Waals surface area contributed by atoms with E-state index in [1.54, 1.807) is 0 Å². The second kappa shape index (κ2) is 20.1. The van der Waals surface area contributed by atoms with Crippen molar-refractivity contribution in [1.82, 2.24) is 0 Å². The van der Waals surface area contributed by atoms with Gasteiger partial charge in [0.25, 0.3) is 13.4 Å².